The number of primary amides is 1. The number of carbonyl (C=O) groups is 8. The van der Waals surface area contributed by atoms with Crippen molar-refractivity contribution in [2.75, 3.05) is 37.1 Å². The number of carboxylic acids is 1. The van der Waals surface area contributed by atoms with Crippen molar-refractivity contribution in [3.63, 3.8) is 0 Å². The van der Waals surface area contributed by atoms with E-state index in [1.807, 2.05) is 0 Å². The van der Waals surface area contributed by atoms with Crippen molar-refractivity contribution >= 4 is 76.8 Å². The van der Waals surface area contributed by atoms with E-state index in [2.05, 4.69) is 36.9 Å². The number of rotatable bonds is 29. The number of aliphatic carboxylic acids is 1. The van der Waals surface area contributed by atoms with Gasteiger partial charge in [-0.2, -0.15) is 23.5 Å². The van der Waals surface area contributed by atoms with Crippen LogP contribution in [0.15, 0.2) is 4.99 Å². The average Bonchev–Trinajstić information content (AvgIpc) is 3.14. The Labute approximate surface area is 335 Å². The van der Waals surface area contributed by atoms with Crippen LogP contribution in [0.4, 0.5) is 0 Å². The van der Waals surface area contributed by atoms with Crippen LogP contribution < -0.4 is 54.8 Å². The lowest BCUT2D eigenvalue weighted by molar-refractivity contribution is -0.138. The molecular formula is C33H61N11O10S2. The molecule has 0 aromatic heterocycles. The van der Waals surface area contributed by atoms with Crippen molar-refractivity contribution in [1.82, 2.24) is 31.9 Å². The lowest BCUT2D eigenvalue weighted by Gasteiger charge is -2.29. The highest BCUT2D eigenvalue weighted by Crippen LogP contribution is 2.12. The molecule has 56 heavy (non-hydrogen) atoms. The zero-order chi connectivity index (χ0) is 43.0. The zero-order valence-corrected chi connectivity index (χ0v) is 34.3. The molecule has 21 nitrogen and oxygen atoms in total. The number of carboxylic acid groups (broad SMARTS) is 1. The number of amides is 7. The molecule has 0 unspecified atom stereocenters. The number of nitrogens with two attached hydrogens (primary N) is 4. The summed E-state index contributed by atoms with van der Waals surface area (Å²) >= 11 is 2.77. The summed E-state index contributed by atoms with van der Waals surface area (Å²) in [6, 6.07) is -7.53. The summed E-state index contributed by atoms with van der Waals surface area (Å²) < 4.78 is 0. The maximum atomic E-state index is 13.8. The van der Waals surface area contributed by atoms with Gasteiger partial charge in [0.25, 0.3) is 0 Å². The molecule has 16 N–H and O–H groups in total. The van der Waals surface area contributed by atoms with Gasteiger partial charge in [0.15, 0.2) is 5.96 Å². The molecule has 0 aliphatic heterocycles. The smallest absolute Gasteiger partial charge is 0.322 e. The molecule has 0 aromatic carbocycles. The van der Waals surface area contributed by atoms with Gasteiger partial charge in [0.2, 0.25) is 41.4 Å². The molecule has 0 bridgehead atoms. The number of thioether (sulfide) groups is 2. The van der Waals surface area contributed by atoms with E-state index in [-0.39, 0.29) is 51.0 Å². The van der Waals surface area contributed by atoms with E-state index in [4.69, 9.17) is 28.0 Å². The van der Waals surface area contributed by atoms with Gasteiger partial charge in [-0.25, -0.2) is 0 Å². The molecule has 320 valence electrons. The van der Waals surface area contributed by atoms with E-state index in [1.165, 1.54) is 30.4 Å². The first-order chi connectivity index (χ1) is 26.3. The number of nitrogens with zero attached hydrogens (tertiary/aromatic N) is 1. The van der Waals surface area contributed by atoms with Crippen molar-refractivity contribution in [3.05, 3.63) is 0 Å². The summed E-state index contributed by atoms with van der Waals surface area (Å²) in [5, 5.41) is 33.9. The van der Waals surface area contributed by atoms with Crippen LogP contribution in [0.25, 0.3) is 0 Å². The third-order valence-electron chi connectivity index (χ3n) is 8.41. The molecule has 0 aliphatic carbocycles. The molecule has 8 atom stereocenters. The largest absolute Gasteiger partial charge is 0.480 e. The van der Waals surface area contributed by atoms with Crippen LogP contribution in [-0.2, 0) is 38.4 Å². The number of guanidine groups is 1. The summed E-state index contributed by atoms with van der Waals surface area (Å²) in [6.07, 6.45) is 2.60. The van der Waals surface area contributed by atoms with Crippen LogP contribution in [0, 0.1) is 5.92 Å². The van der Waals surface area contributed by atoms with Gasteiger partial charge in [-0.15, -0.1) is 0 Å². The van der Waals surface area contributed by atoms with Gasteiger partial charge >= 0.3 is 5.97 Å². The van der Waals surface area contributed by atoms with Gasteiger partial charge in [-0.1, -0.05) is 20.3 Å². The van der Waals surface area contributed by atoms with Gasteiger partial charge < -0.3 is 65.0 Å². The third-order valence-corrected chi connectivity index (χ3v) is 9.70. The van der Waals surface area contributed by atoms with E-state index >= 15 is 0 Å². The maximum absolute atomic E-state index is 13.8. The minimum Gasteiger partial charge on any atom is -0.480 e. The number of nitrogens with one attached hydrogen (secondary N) is 6. The number of aliphatic imine (C=N–C) groups is 1. The Morgan fingerprint density at radius 1 is 0.679 bits per heavy atom. The maximum Gasteiger partial charge on any atom is 0.322 e. The molecule has 7 amide bonds. The predicted octanol–water partition coefficient (Wildman–Crippen LogP) is -3.81. The molecule has 0 spiro atoms. The standard InChI is InChI=1S/C33H61N11O10S2/c1-6-17(2)26(44-31(53)25(35)18(3)45)32(54)43-22(12-15-56-5)30(52)42-21(11-14-55-4)29(51)41-20(9-10-23(34)46)28(50)40-19(8-7-13-38-33(36)37)27(49)39-16-24(47)48/h17-22,25-26,45H,6-16,35H2,1-5H3,(H2,34,46)(H,39,49)(H,40,50)(H,41,51)(H,42,52)(H,43,54)(H,44,53)(H,47,48)(H4,36,37,38)/t17-,18+,19-,20-,21-,22-,25-,26-/m0/s1. The summed E-state index contributed by atoms with van der Waals surface area (Å²) in [6.45, 7) is 4.21. The van der Waals surface area contributed by atoms with Crippen molar-refractivity contribution < 1.29 is 48.6 Å². The first-order valence-corrected chi connectivity index (χ1v) is 20.8. The molecule has 0 fully saturated rings. The van der Waals surface area contributed by atoms with Crippen molar-refractivity contribution in [2.45, 2.75) is 108 Å². The Bertz CT molecular complexity index is 1350. The van der Waals surface area contributed by atoms with Crippen LogP contribution in [-0.4, -0.2) is 143 Å². The second-order valence-corrected chi connectivity index (χ2v) is 15.0. The van der Waals surface area contributed by atoms with Gasteiger partial charge in [0, 0.05) is 13.0 Å². The topological polar surface area (TPSA) is 366 Å². The zero-order valence-electron chi connectivity index (χ0n) is 32.6. The average molecular weight is 836 g/mol. The Morgan fingerprint density at radius 3 is 1.55 bits per heavy atom. The lowest BCUT2D eigenvalue weighted by Crippen LogP contribution is -2.60. The Balaban J connectivity index is 6.34. The summed E-state index contributed by atoms with van der Waals surface area (Å²) in [4.78, 5) is 107. The minimum absolute atomic E-state index is 0.0328. The molecule has 0 radical (unpaired) electrons. The van der Waals surface area contributed by atoms with E-state index in [0.717, 1.165) is 0 Å². The normalized spacial score (nSPS) is 15.2. The molecular weight excluding hydrogens is 775 g/mol. The summed E-state index contributed by atoms with van der Waals surface area (Å²) in [5.74, 6) is -6.62. The fraction of sp³-hybridized carbons (Fsp3) is 0.727. The molecule has 0 aromatic rings. The number of aliphatic hydroxyl groups excluding tert-OH is 1. The molecule has 23 heteroatoms. The van der Waals surface area contributed by atoms with Gasteiger partial charge in [0.05, 0.1) is 6.10 Å². The fourth-order valence-electron chi connectivity index (χ4n) is 4.87. The second kappa shape index (κ2) is 28.1. The Kier molecular flexibility index (Phi) is 25.9. The summed E-state index contributed by atoms with van der Waals surface area (Å²) in [7, 11) is 0. The van der Waals surface area contributed by atoms with E-state index in [1.54, 1.807) is 26.4 Å². The number of hydrogen-bond donors (Lipinski definition) is 12. The SMILES string of the molecule is CC[C@H](C)[C@H](NC(=O)[C@@H](N)[C@@H](C)O)C(=O)N[C@@H](CCSC)C(=O)N[C@@H](CCSC)C(=O)N[C@@H](CCC(N)=O)C(=O)N[C@@H](CCCN=C(N)N)C(=O)NCC(=O)O. The number of carbonyl (C=O) groups excluding carboxylic acids is 7. The number of aliphatic hydroxyl groups is 1. The van der Waals surface area contributed by atoms with Crippen molar-refractivity contribution in [2.24, 2.45) is 33.8 Å². The Morgan fingerprint density at radius 2 is 1.14 bits per heavy atom. The van der Waals surface area contributed by atoms with Crippen molar-refractivity contribution in [1.29, 1.82) is 0 Å². The molecule has 0 rings (SSSR count). The third kappa shape index (κ3) is 21.1. The highest BCUT2D eigenvalue weighted by molar-refractivity contribution is 7.98. The second-order valence-electron chi connectivity index (χ2n) is 13.0. The predicted molar refractivity (Wildman–Crippen MR) is 214 cm³/mol. The van der Waals surface area contributed by atoms with Crippen LogP contribution >= 0.6 is 23.5 Å². The molecule has 0 saturated carbocycles. The minimum atomic E-state index is -1.43. The van der Waals surface area contributed by atoms with E-state index in [9.17, 15) is 43.5 Å². The first-order valence-electron chi connectivity index (χ1n) is 18.1. The van der Waals surface area contributed by atoms with Gasteiger partial charge in [0.1, 0.15) is 42.8 Å². The monoisotopic (exact) mass is 835 g/mol. The quantitative estimate of drug-likeness (QED) is 0.0195. The van der Waals surface area contributed by atoms with Crippen LogP contribution in [0.5, 0.6) is 0 Å². The van der Waals surface area contributed by atoms with E-state index in [0.29, 0.717) is 17.9 Å². The van der Waals surface area contributed by atoms with Crippen LogP contribution in [0.1, 0.15) is 65.7 Å². The van der Waals surface area contributed by atoms with Gasteiger partial charge in [-0.3, -0.25) is 43.3 Å². The first kappa shape index (κ1) is 51.6. The Hall–Kier alpha value is -4.35. The van der Waals surface area contributed by atoms with Gasteiger partial charge in [-0.05, 0) is 69.0 Å². The molecule has 0 aliphatic rings. The molecule has 0 saturated heterocycles. The van der Waals surface area contributed by atoms with Crippen LogP contribution in [0.3, 0.4) is 0 Å². The highest BCUT2D eigenvalue weighted by Gasteiger charge is 2.34. The highest BCUT2D eigenvalue weighted by atomic mass is 32.2. The van der Waals surface area contributed by atoms with E-state index < -0.39 is 102 Å². The molecule has 0 heterocycles. The van der Waals surface area contributed by atoms with Crippen molar-refractivity contribution in [3.8, 4) is 0 Å². The lowest BCUT2D eigenvalue weighted by atomic mass is 9.97. The summed E-state index contributed by atoms with van der Waals surface area (Å²) in [5.41, 5.74) is 21.8. The number of hydrogen-bond acceptors (Lipinski definition) is 13. The fourth-order valence-corrected chi connectivity index (χ4v) is 5.81. The van der Waals surface area contributed by atoms with Crippen LogP contribution in [0.2, 0.25) is 0 Å².